The van der Waals surface area contributed by atoms with Gasteiger partial charge in [0.05, 0.1) is 0 Å². The van der Waals surface area contributed by atoms with Crippen molar-refractivity contribution in [2.45, 2.75) is 32.9 Å². The zero-order chi connectivity index (χ0) is 15.1. The predicted molar refractivity (Wildman–Crippen MR) is 91.0 cm³/mol. The van der Waals surface area contributed by atoms with E-state index in [1.807, 2.05) is 36.9 Å². The summed E-state index contributed by atoms with van der Waals surface area (Å²) in [7, 11) is 0. The monoisotopic (exact) mass is 307 g/mol. The highest BCUT2D eigenvalue weighted by Gasteiger charge is 2.14. The lowest BCUT2D eigenvalue weighted by atomic mass is 10.1. The smallest absolute Gasteiger partial charge is 0.319 e. The van der Waals surface area contributed by atoms with Gasteiger partial charge in [0.2, 0.25) is 0 Å². The van der Waals surface area contributed by atoms with Crippen LogP contribution in [0.15, 0.2) is 24.3 Å². The molecule has 1 aliphatic rings. The molecule has 1 saturated heterocycles. The van der Waals surface area contributed by atoms with Crippen molar-refractivity contribution in [3.05, 3.63) is 29.8 Å². The standard InChI is InChI=1S/C16H25N3OS/c1-3-13(2)17-16(20)18-15-7-5-4-6-14(15)12-19-8-10-21-11-9-19/h4-7,13H,3,8-12H2,1-2H3,(H2,17,18,20)/t13-/m1/s1. The Hall–Kier alpha value is -1.20. The molecule has 0 aliphatic carbocycles. The summed E-state index contributed by atoms with van der Waals surface area (Å²) in [6.45, 7) is 7.22. The molecular weight excluding hydrogens is 282 g/mol. The second-order valence-electron chi connectivity index (χ2n) is 5.45. The van der Waals surface area contributed by atoms with Crippen LogP contribution in [0.2, 0.25) is 0 Å². The van der Waals surface area contributed by atoms with E-state index >= 15 is 0 Å². The van der Waals surface area contributed by atoms with Crippen LogP contribution in [-0.2, 0) is 6.54 Å². The maximum absolute atomic E-state index is 12.0. The molecule has 1 atom stereocenters. The third-order valence-corrected chi connectivity index (χ3v) is 4.70. The highest BCUT2D eigenvalue weighted by Crippen LogP contribution is 2.19. The number of nitrogens with zero attached hydrogens (tertiary/aromatic N) is 1. The Morgan fingerprint density at radius 3 is 2.76 bits per heavy atom. The zero-order valence-electron chi connectivity index (χ0n) is 12.9. The van der Waals surface area contributed by atoms with Gasteiger partial charge in [-0.1, -0.05) is 25.1 Å². The van der Waals surface area contributed by atoms with Crippen LogP contribution in [0, 0.1) is 0 Å². The largest absolute Gasteiger partial charge is 0.335 e. The highest BCUT2D eigenvalue weighted by molar-refractivity contribution is 7.99. The number of amides is 2. The van der Waals surface area contributed by atoms with E-state index in [-0.39, 0.29) is 12.1 Å². The molecular formula is C16H25N3OS. The first-order valence-corrected chi connectivity index (χ1v) is 8.80. The van der Waals surface area contributed by atoms with Crippen LogP contribution in [0.5, 0.6) is 0 Å². The fraction of sp³-hybridized carbons (Fsp3) is 0.562. The normalized spacial score (nSPS) is 17.2. The average Bonchev–Trinajstić information content (AvgIpc) is 2.50. The predicted octanol–water partition coefficient (Wildman–Crippen LogP) is 3.16. The third-order valence-electron chi connectivity index (χ3n) is 3.75. The van der Waals surface area contributed by atoms with E-state index < -0.39 is 0 Å². The highest BCUT2D eigenvalue weighted by atomic mass is 32.2. The van der Waals surface area contributed by atoms with E-state index in [9.17, 15) is 4.79 Å². The summed E-state index contributed by atoms with van der Waals surface area (Å²) < 4.78 is 0. The number of anilines is 1. The van der Waals surface area contributed by atoms with Crippen molar-refractivity contribution < 1.29 is 4.79 Å². The molecule has 5 heteroatoms. The number of urea groups is 1. The van der Waals surface area contributed by atoms with E-state index in [1.54, 1.807) is 0 Å². The lowest BCUT2D eigenvalue weighted by molar-refractivity contribution is 0.249. The van der Waals surface area contributed by atoms with Crippen LogP contribution in [0.3, 0.4) is 0 Å². The minimum atomic E-state index is -0.119. The molecule has 0 spiro atoms. The SMILES string of the molecule is CC[C@@H](C)NC(=O)Nc1ccccc1CN1CCSCC1. The molecule has 1 fully saturated rings. The molecule has 1 heterocycles. The van der Waals surface area contributed by atoms with Gasteiger partial charge in [0, 0.05) is 42.9 Å². The number of hydrogen-bond acceptors (Lipinski definition) is 3. The molecule has 0 unspecified atom stereocenters. The Balaban J connectivity index is 1.97. The zero-order valence-corrected chi connectivity index (χ0v) is 13.7. The summed E-state index contributed by atoms with van der Waals surface area (Å²) in [5.74, 6) is 2.40. The summed E-state index contributed by atoms with van der Waals surface area (Å²) in [6, 6.07) is 8.15. The summed E-state index contributed by atoms with van der Waals surface area (Å²) in [4.78, 5) is 14.4. The van der Waals surface area contributed by atoms with E-state index in [2.05, 4.69) is 28.5 Å². The van der Waals surface area contributed by atoms with Crippen molar-refractivity contribution in [1.29, 1.82) is 0 Å². The van der Waals surface area contributed by atoms with Gasteiger partial charge in [0.25, 0.3) is 0 Å². The van der Waals surface area contributed by atoms with Crippen molar-refractivity contribution in [3.63, 3.8) is 0 Å². The summed E-state index contributed by atoms with van der Waals surface area (Å²) >= 11 is 2.01. The number of benzene rings is 1. The van der Waals surface area contributed by atoms with Crippen molar-refractivity contribution in [2.75, 3.05) is 29.9 Å². The quantitative estimate of drug-likeness (QED) is 0.878. The Morgan fingerprint density at radius 2 is 2.05 bits per heavy atom. The molecule has 116 valence electrons. The van der Waals surface area contributed by atoms with E-state index in [0.717, 1.165) is 31.7 Å². The molecule has 0 radical (unpaired) electrons. The number of nitrogens with one attached hydrogen (secondary N) is 2. The first-order chi connectivity index (χ1) is 10.2. The molecule has 0 aromatic heterocycles. The molecule has 21 heavy (non-hydrogen) atoms. The summed E-state index contributed by atoms with van der Waals surface area (Å²) in [5, 5.41) is 5.93. The van der Waals surface area contributed by atoms with Crippen LogP contribution in [0.4, 0.5) is 10.5 Å². The first kappa shape index (κ1) is 16.2. The molecule has 1 aromatic rings. The number of thioether (sulfide) groups is 1. The van der Waals surface area contributed by atoms with Crippen LogP contribution in [0.25, 0.3) is 0 Å². The lowest BCUT2D eigenvalue weighted by Crippen LogP contribution is -2.36. The fourth-order valence-corrected chi connectivity index (χ4v) is 3.24. The molecule has 2 rings (SSSR count). The van der Waals surface area contributed by atoms with Crippen LogP contribution >= 0.6 is 11.8 Å². The van der Waals surface area contributed by atoms with E-state index in [4.69, 9.17) is 0 Å². The van der Waals surface area contributed by atoms with Gasteiger partial charge in [-0.25, -0.2) is 4.79 Å². The first-order valence-electron chi connectivity index (χ1n) is 7.64. The molecule has 0 bridgehead atoms. The molecule has 1 aliphatic heterocycles. The molecule has 2 N–H and O–H groups in total. The second kappa shape index (κ2) is 8.29. The topological polar surface area (TPSA) is 44.4 Å². The number of carbonyl (C=O) groups is 1. The van der Waals surface area contributed by atoms with Gasteiger partial charge < -0.3 is 10.6 Å². The number of hydrogen-bond donors (Lipinski definition) is 2. The summed E-state index contributed by atoms with van der Waals surface area (Å²) in [6.07, 6.45) is 0.931. The Labute approximate surface area is 131 Å². The van der Waals surface area contributed by atoms with Crippen molar-refractivity contribution in [3.8, 4) is 0 Å². The number of carbonyl (C=O) groups excluding carboxylic acids is 1. The van der Waals surface area contributed by atoms with E-state index in [1.165, 1.54) is 17.1 Å². The minimum Gasteiger partial charge on any atom is -0.335 e. The molecule has 2 amide bonds. The van der Waals surface area contributed by atoms with Crippen molar-refractivity contribution in [2.24, 2.45) is 0 Å². The second-order valence-corrected chi connectivity index (χ2v) is 6.68. The number of para-hydroxylation sites is 1. The maximum atomic E-state index is 12.0. The Kier molecular flexibility index (Phi) is 6.39. The van der Waals surface area contributed by atoms with Gasteiger partial charge in [0.1, 0.15) is 0 Å². The van der Waals surface area contributed by atoms with Crippen molar-refractivity contribution >= 4 is 23.5 Å². The molecule has 4 nitrogen and oxygen atoms in total. The molecule has 0 saturated carbocycles. The molecule has 1 aromatic carbocycles. The fourth-order valence-electron chi connectivity index (χ4n) is 2.26. The van der Waals surface area contributed by atoms with Crippen LogP contribution in [0.1, 0.15) is 25.8 Å². The average molecular weight is 307 g/mol. The van der Waals surface area contributed by atoms with Gasteiger partial charge in [-0.2, -0.15) is 11.8 Å². The summed E-state index contributed by atoms with van der Waals surface area (Å²) in [5.41, 5.74) is 2.10. The van der Waals surface area contributed by atoms with Crippen LogP contribution in [-0.4, -0.2) is 41.6 Å². The van der Waals surface area contributed by atoms with Gasteiger partial charge in [-0.05, 0) is 25.0 Å². The van der Waals surface area contributed by atoms with Gasteiger partial charge in [-0.15, -0.1) is 0 Å². The maximum Gasteiger partial charge on any atom is 0.319 e. The van der Waals surface area contributed by atoms with Gasteiger partial charge in [-0.3, -0.25) is 4.90 Å². The van der Waals surface area contributed by atoms with Crippen molar-refractivity contribution in [1.82, 2.24) is 10.2 Å². The number of rotatable bonds is 5. The third kappa shape index (κ3) is 5.25. The van der Waals surface area contributed by atoms with Crippen LogP contribution < -0.4 is 10.6 Å². The van der Waals surface area contributed by atoms with Gasteiger partial charge >= 0.3 is 6.03 Å². The Morgan fingerprint density at radius 1 is 1.33 bits per heavy atom. The lowest BCUT2D eigenvalue weighted by Gasteiger charge is -2.27. The Bertz CT molecular complexity index is 461. The minimum absolute atomic E-state index is 0.119. The van der Waals surface area contributed by atoms with E-state index in [0.29, 0.717) is 0 Å². The van der Waals surface area contributed by atoms with Gasteiger partial charge in [0.15, 0.2) is 0 Å².